The molecule has 2 saturated heterocycles. The van der Waals surface area contributed by atoms with Gasteiger partial charge in [-0.2, -0.15) is 5.10 Å². The molecule has 0 radical (unpaired) electrons. The number of likely N-dealkylation sites (tertiary alicyclic amines) is 2. The first kappa shape index (κ1) is 10.8. The van der Waals surface area contributed by atoms with Gasteiger partial charge >= 0.3 is 0 Å². The van der Waals surface area contributed by atoms with Gasteiger partial charge in [0, 0.05) is 25.3 Å². The molecular formula is C12H18N4O. The molecule has 0 bridgehead atoms. The number of aromatic amines is 1. The number of hydrogen-bond donors (Lipinski definition) is 1. The second-order valence-electron chi connectivity index (χ2n) is 4.92. The lowest BCUT2D eigenvalue weighted by Gasteiger charge is -2.23. The Labute approximate surface area is 101 Å². The van der Waals surface area contributed by atoms with Gasteiger partial charge in [-0.3, -0.25) is 14.8 Å². The third-order valence-electron chi connectivity index (χ3n) is 3.85. The van der Waals surface area contributed by atoms with Gasteiger partial charge in [-0.25, -0.2) is 0 Å². The highest BCUT2D eigenvalue weighted by Crippen LogP contribution is 2.21. The van der Waals surface area contributed by atoms with E-state index in [1.165, 1.54) is 25.9 Å². The van der Waals surface area contributed by atoms with Crippen LogP contribution in [-0.4, -0.2) is 58.1 Å². The highest BCUT2D eigenvalue weighted by molar-refractivity contribution is 5.93. The first-order chi connectivity index (χ1) is 8.34. The van der Waals surface area contributed by atoms with Gasteiger partial charge in [-0.1, -0.05) is 0 Å². The van der Waals surface area contributed by atoms with E-state index in [9.17, 15) is 4.79 Å². The Morgan fingerprint density at radius 3 is 2.88 bits per heavy atom. The molecule has 2 aliphatic rings. The molecule has 5 nitrogen and oxygen atoms in total. The molecule has 0 aliphatic carbocycles. The fraction of sp³-hybridized carbons (Fsp3) is 0.667. The standard InChI is InChI=1S/C12H18N4O/c17-12(10-7-13-14-8-10)16-6-3-11(9-16)15-4-1-2-5-15/h7-8,11H,1-6,9H2,(H,13,14). The Kier molecular flexibility index (Phi) is 2.84. The Balaban J connectivity index is 1.62. The van der Waals surface area contributed by atoms with Crippen LogP contribution >= 0.6 is 0 Å². The monoisotopic (exact) mass is 234 g/mol. The van der Waals surface area contributed by atoms with Crippen LogP contribution in [0.1, 0.15) is 29.6 Å². The maximum absolute atomic E-state index is 12.1. The number of carbonyl (C=O) groups excluding carboxylic acids is 1. The van der Waals surface area contributed by atoms with Gasteiger partial charge in [0.15, 0.2) is 0 Å². The summed E-state index contributed by atoms with van der Waals surface area (Å²) in [4.78, 5) is 16.6. The molecule has 0 spiro atoms. The average Bonchev–Trinajstić information content (AvgIpc) is 3.09. The Morgan fingerprint density at radius 2 is 2.18 bits per heavy atom. The SMILES string of the molecule is O=C(c1cn[nH]c1)N1CCC(N2CCCC2)C1. The van der Waals surface area contributed by atoms with Crippen molar-refractivity contribution in [3.05, 3.63) is 18.0 Å². The van der Waals surface area contributed by atoms with Gasteiger partial charge in [0.05, 0.1) is 11.8 Å². The number of carbonyl (C=O) groups is 1. The number of H-pyrrole nitrogens is 1. The Bertz CT molecular complexity index is 383. The van der Waals surface area contributed by atoms with Crippen molar-refractivity contribution in [3.63, 3.8) is 0 Å². The molecule has 2 fully saturated rings. The zero-order valence-corrected chi connectivity index (χ0v) is 9.93. The molecule has 92 valence electrons. The summed E-state index contributed by atoms with van der Waals surface area (Å²) in [5.74, 6) is 0.112. The number of aromatic nitrogens is 2. The molecule has 17 heavy (non-hydrogen) atoms. The molecular weight excluding hydrogens is 216 g/mol. The second kappa shape index (κ2) is 4.49. The highest BCUT2D eigenvalue weighted by Gasteiger charge is 2.31. The van der Waals surface area contributed by atoms with E-state index in [0.29, 0.717) is 11.6 Å². The summed E-state index contributed by atoms with van der Waals surface area (Å²) in [7, 11) is 0. The molecule has 1 amide bonds. The topological polar surface area (TPSA) is 52.2 Å². The number of amides is 1. The van der Waals surface area contributed by atoms with Gasteiger partial charge in [0.1, 0.15) is 0 Å². The van der Waals surface area contributed by atoms with E-state index in [1.807, 2.05) is 4.90 Å². The third-order valence-corrected chi connectivity index (χ3v) is 3.85. The summed E-state index contributed by atoms with van der Waals surface area (Å²) in [6.45, 7) is 4.17. The zero-order chi connectivity index (χ0) is 11.7. The summed E-state index contributed by atoms with van der Waals surface area (Å²) in [5.41, 5.74) is 0.673. The summed E-state index contributed by atoms with van der Waals surface area (Å²) < 4.78 is 0. The predicted molar refractivity (Wildman–Crippen MR) is 63.7 cm³/mol. The largest absolute Gasteiger partial charge is 0.337 e. The van der Waals surface area contributed by atoms with Gasteiger partial charge in [-0.05, 0) is 32.4 Å². The van der Waals surface area contributed by atoms with Crippen LogP contribution in [0, 0.1) is 0 Å². The minimum atomic E-state index is 0.112. The molecule has 1 aromatic heterocycles. The van der Waals surface area contributed by atoms with E-state index in [4.69, 9.17) is 0 Å². The Morgan fingerprint density at radius 1 is 1.35 bits per heavy atom. The number of hydrogen-bond acceptors (Lipinski definition) is 3. The summed E-state index contributed by atoms with van der Waals surface area (Å²) in [5, 5.41) is 6.52. The molecule has 3 heterocycles. The molecule has 3 rings (SSSR count). The molecule has 0 saturated carbocycles. The van der Waals surface area contributed by atoms with Crippen molar-refractivity contribution in [3.8, 4) is 0 Å². The van der Waals surface area contributed by atoms with Crippen LogP contribution in [0.4, 0.5) is 0 Å². The fourth-order valence-electron chi connectivity index (χ4n) is 2.88. The smallest absolute Gasteiger partial charge is 0.257 e. The molecule has 0 aromatic carbocycles. The van der Waals surface area contributed by atoms with Crippen molar-refractivity contribution in [2.24, 2.45) is 0 Å². The first-order valence-electron chi connectivity index (χ1n) is 6.37. The maximum atomic E-state index is 12.1. The normalized spacial score (nSPS) is 25.6. The summed E-state index contributed by atoms with van der Waals surface area (Å²) >= 11 is 0. The average molecular weight is 234 g/mol. The van der Waals surface area contributed by atoms with Crippen LogP contribution < -0.4 is 0 Å². The van der Waals surface area contributed by atoms with Crippen LogP contribution in [-0.2, 0) is 0 Å². The van der Waals surface area contributed by atoms with Gasteiger partial charge in [0.2, 0.25) is 0 Å². The molecule has 1 unspecified atom stereocenters. The van der Waals surface area contributed by atoms with Crippen LogP contribution in [0.25, 0.3) is 0 Å². The molecule has 5 heteroatoms. The number of nitrogens with one attached hydrogen (secondary N) is 1. The fourth-order valence-corrected chi connectivity index (χ4v) is 2.88. The highest BCUT2D eigenvalue weighted by atomic mass is 16.2. The van der Waals surface area contributed by atoms with Gasteiger partial charge < -0.3 is 4.90 Å². The zero-order valence-electron chi connectivity index (χ0n) is 9.93. The van der Waals surface area contributed by atoms with Crippen molar-refractivity contribution in [1.82, 2.24) is 20.0 Å². The molecule has 2 aliphatic heterocycles. The number of nitrogens with zero attached hydrogens (tertiary/aromatic N) is 3. The van der Waals surface area contributed by atoms with Crippen LogP contribution in [0.3, 0.4) is 0 Å². The summed E-state index contributed by atoms with van der Waals surface area (Å²) in [6, 6.07) is 0.577. The summed E-state index contributed by atoms with van der Waals surface area (Å²) in [6.07, 6.45) is 7.01. The van der Waals surface area contributed by atoms with E-state index in [2.05, 4.69) is 15.1 Å². The quantitative estimate of drug-likeness (QED) is 0.820. The molecule has 1 N–H and O–H groups in total. The minimum absolute atomic E-state index is 0.112. The van der Waals surface area contributed by atoms with E-state index < -0.39 is 0 Å². The number of rotatable bonds is 2. The van der Waals surface area contributed by atoms with Crippen molar-refractivity contribution < 1.29 is 4.79 Å². The van der Waals surface area contributed by atoms with Crippen LogP contribution in [0.15, 0.2) is 12.4 Å². The van der Waals surface area contributed by atoms with Crippen molar-refractivity contribution in [2.45, 2.75) is 25.3 Å². The van der Waals surface area contributed by atoms with E-state index >= 15 is 0 Å². The maximum Gasteiger partial charge on any atom is 0.257 e. The van der Waals surface area contributed by atoms with Gasteiger partial charge in [0.25, 0.3) is 5.91 Å². The lowest BCUT2D eigenvalue weighted by Crippen LogP contribution is -2.37. The second-order valence-corrected chi connectivity index (χ2v) is 4.92. The first-order valence-corrected chi connectivity index (χ1v) is 6.37. The van der Waals surface area contributed by atoms with E-state index in [0.717, 1.165) is 19.5 Å². The van der Waals surface area contributed by atoms with Crippen molar-refractivity contribution in [1.29, 1.82) is 0 Å². The minimum Gasteiger partial charge on any atom is -0.337 e. The van der Waals surface area contributed by atoms with Crippen molar-refractivity contribution in [2.75, 3.05) is 26.2 Å². The van der Waals surface area contributed by atoms with Crippen LogP contribution in [0.5, 0.6) is 0 Å². The molecule has 1 atom stereocenters. The van der Waals surface area contributed by atoms with Crippen molar-refractivity contribution >= 4 is 5.91 Å². The van der Waals surface area contributed by atoms with Gasteiger partial charge in [-0.15, -0.1) is 0 Å². The Hall–Kier alpha value is -1.36. The third kappa shape index (κ3) is 2.07. The predicted octanol–water partition coefficient (Wildman–Crippen LogP) is 0.720. The van der Waals surface area contributed by atoms with Crippen LogP contribution in [0.2, 0.25) is 0 Å². The lowest BCUT2D eigenvalue weighted by molar-refractivity contribution is 0.0780. The van der Waals surface area contributed by atoms with E-state index in [-0.39, 0.29) is 5.91 Å². The van der Waals surface area contributed by atoms with E-state index in [1.54, 1.807) is 12.4 Å². The lowest BCUT2D eigenvalue weighted by atomic mass is 10.2. The molecule has 1 aromatic rings.